The first-order valence-corrected chi connectivity index (χ1v) is 7.18. The maximum atomic E-state index is 4.47. The Morgan fingerprint density at radius 2 is 2.11 bits per heavy atom. The average molecular weight is 247 g/mol. The molecule has 0 saturated heterocycles. The van der Waals surface area contributed by atoms with Crippen LogP contribution in [-0.4, -0.2) is 29.5 Å². The smallest absolute Gasteiger partial charge is 0.0564 e. The molecule has 18 heavy (non-hydrogen) atoms. The molecule has 1 aromatic heterocycles. The molecule has 1 aliphatic carbocycles. The number of hydrogen-bond donors (Lipinski definition) is 1. The predicted octanol–water partition coefficient (Wildman–Crippen LogP) is 3.28. The number of nitrogens with one attached hydrogen (secondary N) is 1. The average Bonchev–Trinajstić information content (AvgIpc) is 2.40. The maximum absolute atomic E-state index is 4.47. The third-order valence-electron chi connectivity index (χ3n) is 3.81. The van der Waals surface area contributed by atoms with E-state index in [4.69, 9.17) is 0 Å². The van der Waals surface area contributed by atoms with Crippen molar-refractivity contribution in [2.45, 2.75) is 51.6 Å². The van der Waals surface area contributed by atoms with Crippen molar-refractivity contribution in [2.75, 3.05) is 18.9 Å². The third-order valence-corrected chi connectivity index (χ3v) is 3.81. The van der Waals surface area contributed by atoms with E-state index in [2.05, 4.69) is 35.2 Å². The van der Waals surface area contributed by atoms with Gasteiger partial charge >= 0.3 is 0 Å². The van der Waals surface area contributed by atoms with Gasteiger partial charge in [-0.2, -0.15) is 0 Å². The predicted molar refractivity (Wildman–Crippen MR) is 76.7 cm³/mol. The Morgan fingerprint density at radius 1 is 1.33 bits per heavy atom. The molecule has 1 fully saturated rings. The van der Waals surface area contributed by atoms with Crippen molar-refractivity contribution in [1.82, 2.24) is 9.88 Å². The van der Waals surface area contributed by atoms with E-state index in [1.165, 1.54) is 43.5 Å². The van der Waals surface area contributed by atoms with Crippen molar-refractivity contribution in [1.29, 1.82) is 0 Å². The number of pyridine rings is 1. The largest absolute Gasteiger partial charge is 0.385 e. The van der Waals surface area contributed by atoms with E-state index in [9.17, 15) is 0 Å². The second-order valence-electron chi connectivity index (χ2n) is 5.27. The van der Waals surface area contributed by atoms with Crippen molar-refractivity contribution in [3.63, 3.8) is 0 Å². The first-order chi connectivity index (χ1) is 8.79. The summed E-state index contributed by atoms with van der Waals surface area (Å²) in [4.78, 5) is 6.94. The van der Waals surface area contributed by atoms with Gasteiger partial charge in [-0.15, -0.1) is 0 Å². The molecule has 1 heterocycles. The molecule has 2 rings (SSSR count). The summed E-state index contributed by atoms with van der Waals surface area (Å²) in [6.07, 6.45) is 8.80. The van der Waals surface area contributed by atoms with Crippen LogP contribution in [0.3, 0.4) is 0 Å². The summed E-state index contributed by atoms with van der Waals surface area (Å²) < 4.78 is 0. The van der Waals surface area contributed by atoms with Gasteiger partial charge in [-0.25, -0.2) is 0 Å². The molecular formula is C15H25N3. The van der Waals surface area contributed by atoms with Gasteiger partial charge in [0.25, 0.3) is 0 Å². The van der Waals surface area contributed by atoms with Crippen LogP contribution in [0.1, 0.15) is 44.7 Å². The second-order valence-corrected chi connectivity index (χ2v) is 5.27. The highest BCUT2D eigenvalue weighted by molar-refractivity contribution is 5.42. The van der Waals surface area contributed by atoms with Gasteiger partial charge in [-0.3, -0.25) is 9.88 Å². The van der Waals surface area contributed by atoms with Crippen LogP contribution in [0, 0.1) is 0 Å². The first kappa shape index (κ1) is 13.3. The summed E-state index contributed by atoms with van der Waals surface area (Å²) in [6, 6.07) is 4.96. The molecule has 0 aliphatic heterocycles. The van der Waals surface area contributed by atoms with Crippen LogP contribution in [0.5, 0.6) is 0 Å². The Labute approximate surface area is 111 Å². The summed E-state index contributed by atoms with van der Waals surface area (Å²) >= 11 is 0. The summed E-state index contributed by atoms with van der Waals surface area (Å²) in [6.45, 7) is 4.04. The summed E-state index contributed by atoms with van der Waals surface area (Å²) in [5, 5.41) is 3.34. The summed E-state index contributed by atoms with van der Waals surface area (Å²) in [7, 11) is 2.23. The molecule has 1 N–H and O–H groups in total. The van der Waals surface area contributed by atoms with Crippen LogP contribution < -0.4 is 5.32 Å². The lowest BCUT2D eigenvalue weighted by Gasteiger charge is -2.30. The van der Waals surface area contributed by atoms with Gasteiger partial charge in [-0.05, 0) is 38.9 Å². The highest BCUT2D eigenvalue weighted by Gasteiger charge is 2.18. The van der Waals surface area contributed by atoms with Crippen LogP contribution in [0.2, 0.25) is 0 Å². The first-order valence-electron chi connectivity index (χ1n) is 7.18. The quantitative estimate of drug-likeness (QED) is 0.865. The molecule has 1 aliphatic rings. The standard InChI is InChI=1S/C15H25N3/c1-3-16-13-9-10-17-14(11-13)12-18(2)15-7-5-4-6-8-15/h9-11,15H,3-8,12H2,1-2H3,(H,16,17). The molecule has 0 atom stereocenters. The Hall–Kier alpha value is -1.09. The lowest BCUT2D eigenvalue weighted by atomic mass is 9.94. The summed E-state index contributed by atoms with van der Waals surface area (Å²) in [5.74, 6) is 0. The van der Waals surface area contributed by atoms with Crippen molar-refractivity contribution in [3.8, 4) is 0 Å². The third kappa shape index (κ3) is 3.70. The van der Waals surface area contributed by atoms with Gasteiger partial charge in [0.15, 0.2) is 0 Å². The van der Waals surface area contributed by atoms with E-state index in [0.29, 0.717) is 0 Å². The normalized spacial score (nSPS) is 17.1. The van der Waals surface area contributed by atoms with E-state index in [-0.39, 0.29) is 0 Å². The minimum atomic E-state index is 0.753. The molecule has 1 aromatic rings. The minimum absolute atomic E-state index is 0.753. The highest BCUT2D eigenvalue weighted by atomic mass is 15.1. The van der Waals surface area contributed by atoms with E-state index in [0.717, 1.165) is 19.1 Å². The monoisotopic (exact) mass is 247 g/mol. The molecule has 1 saturated carbocycles. The van der Waals surface area contributed by atoms with Gasteiger partial charge in [0.2, 0.25) is 0 Å². The topological polar surface area (TPSA) is 28.2 Å². The highest BCUT2D eigenvalue weighted by Crippen LogP contribution is 2.22. The molecule has 0 unspecified atom stereocenters. The van der Waals surface area contributed by atoms with E-state index < -0.39 is 0 Å². The zero-order chi connectivity index (χ0) is 12.8. The van der Waals surface area contributed by atoms with Crippen molar-refractivity contribution < 1.29 is 0 Å². The fourth-order valence-electron chi connectivity index (χ4n) is 2.79. The summed E-state index contributed by atoms with van der Waals surface area (Å²) in [5.41, 5.74) is 2.35. The SMILES string of the molecule is CCNc1ccnc(CN(C)C2CCCCC2)c1. The molecule has 0 bridgehead atoms. The second kappa shape index (κ2) is 6.74. The van der Waals surface area contributed by atoms with Crippen molar-refractivity contribution >= 4 is 5.69 Å². The molecule has 3 nitrogen and oxygen atoms in total. The van der Waals surface area contributed by atoms with E-state index in [1.807, 2.05) is 12.3 Å². The van der Waals surface area contributed by atoms with Gasteiger partial charge in [0.05, 0.1) is 5.69 Å². The number of nitrogens with zero attached hydrogens (tertiary/aromatic N) is 2. The van der Waals surface area contributed by atoms with Crippen LogP contribution in [0.15, 0.2) is 18.3 Å². The Bertz CT molecular complexity index is 359. The molecule has 0 radical (unpaired) electrons. The van der Waals surface area contributed by atoms with Crippen molar-refractivity contribution in [2.24, 2.45) is 0 Å². The Kier molecular flexibility index (Phi) is 5.00. The molecule has 0 amide bonds. The van der Waals surface area contributed by atoms with Gasteiger partial charge in [0, 0.05) is 31.0 Å². The lowest BCUT2D eigenvalue weighted by Crippen LogP contribution is -2.33. The minimum Gasteiger partial charge on any atom is -0.385 e. The van der Waals surface area contributed by atoms with E-state index in [1.54, 1.807) is 0 Å². The molecule has 3 heteroatoms. The number of anilines is 1. The maximum Gasteiger partial charge on any atom is 0.0564 e. The number of rotatable bonds is 5. The fraction of sp³-hybridized carbons (Fsp3) is 0.667. The lowest BCUT2D eigenvalue weighted by molar-refractivity contribution is 0.183. The van der Waals surface area contributed by atoms with Crippen LogP contribution in [0.4, 0.5) is 5.69 Å². The van der Waals surface area contributed by atoms with Gasteiger partial charge in [0.1, 0.15) is 0 Å². The number of aromatic nitrogens is 1. The van der Waals surface area contributed by atoms with Gasteiger partial charge in [-0.1, -0.05) is 19.3 Å². The van der Waals surface area contributed by atoms with Crippen LogP contribution in [-0.2, 0) is 6.54 Å². The van der Waals surface area contributed by atoms with Crippen molar-refractivity contribution in [3.05, 3.63) is 24.0 Å². The Balaban J connectivity index is 1.93. The van der Waals surface area contributed by atoms with E-state index >= 15 is 0 Å². The Morgan fingerprint density at radius 3 is 2.83 bits per heavy atom. The number of hydrogen-bond acceptors (Lipinski definition) is 3. The molecular weight excluding hydrogens is 222 g/mol. The zero-order valence-electron chi connectivity index (χ0n) is 11.7. The fourth-order valence-corrected chi connectivity index (χ4v) is 2.79. The van der Waals surface area contributed by atoms with Gasteiger partial charge < -0.3 is 5.32 Å². The van der Waals surface area contributed by atoms with Crippen LogP contribution in [0.25, 0.3) is 0 Å². The zero-order valence-corrected chi connectivity index (χ0v) is 11.7. The molecule has 0 spiro atoms. The van der Waals surface area contributed by atoms with Crippen LogP contribution >= 0.6 is 0 Å². The molecule has 0 aromatic carbocycles. The molecule has 100 valence electrons.